The van der Waals surface area contributed by atoms with E-state index in [0.29, 0.717) is 29.8 Å². The summed E-state index contributed by atoms with van der Waals surface area (Å²) >= 11 is 0. The molecule has 1 unspecified atom stereocenters. The average molecular weight is 376 g/mol. The van der Waals surface area contributed by atoms with Crippen molar-refractivity contribution in [1.29, 1.82) is 0 Å². The zero-order valence-corrected chi connectivity index (χ0v) is 17.6. The van der Waals surface area contributed by atoms with Gasteiger partial charge in [0, 0.05) is 23.8 Å². The van der Waals surface area contributed by atoms with Crippen molar-refractivity contribution in [2.45, 2.75) is 97.7 Å². The summed E-state index contributed by atoms with van der Waals surface area (Å²) in [4.78, 5) is 21.9. The van der Waals surface area contributed by atoms with Gasteiger partial charge in [0.25, 0.3) is 0 Å². The highest BCUT2D eigenvalue weighted by Gasteiger charge is 2.24. The lowest BCUT2D eigenvalue weighted by Gasteiger charge is -2.23. The molecule has 2 atom stereocenters. The molecule has 6 nitrogen and oxygen atoms in total. The van der Waals surface area contributed by atoms with Gasteiger partial charge in [-0.1, -0.05) is 40.0 Å². The normalized spacial score (nSPS) is 17.0. The van der Waals surface area contributed by atoms with Gasteiger partial charge >= 0.3 is 0 Å². The number of anilines is 2. The van der Waals surface area contributed by atoms with Gasteiger partial charge in [-0.3, -0.25) is 4.79 Å². The Kier molecular flexibility index (Phi) is 8.32. The summed E-state index contributed by atoms with van der Waals surface area (Å²) in [6.45, 7) is 10.5. The minimum Gasteiger partial charge on any atom is -0.358 e. The van der Waals surface area contributed by atoms with Gasteiger partial charge in [0.1, 0.15) is 11.9 Å². The summed E-state index contributed by atoms with van der Waals surface area (Å²) < 4.78 is 0. The van der Waals surface area contributed by atoms with Crippen LogP contribution in [0.2, 0.25) is 0 Å². The van der Waals surface area contributed by atoms with Gasteiger partial charge in [-0.05, 0) is 45.4 Å². The van der Waals surface area contributed by atoms with Crippen molar-refractivity contribution in [3.8, 4) is 0 Å². The van der Waals surface area contributed by atoms with E-state index in [1.54, 1.807) is 0 Å². The quantitative estimate of drug-likeness (QED) is 0.569. The third-order valence-electron chi connectivity index (χ3n) is 5.00. The van der Waals surface area contributed by atoms with Crippen LogP contribution in [0.4, 0.5) is 11.8 Å². The van der Waals surface area contributed by atoms with Crippen molar-refractivity contribution >= 4 is 17.7 Å². The maximum Gasteiger partial charge on any atom is 0.242 e. The van der Waals surface area contributed by atoms with Gasteiger partial charge in [0.2, 0.25) is 11.9 Å². The first-order valence-corrected chi connectivity index (χ1v) is 10.6. The SMILES string of the molecule is CCCC(C)Nc1nc(C)cc(N[C@@H](CC(C)C)C(=O)NC2CCCC2)n1. The fourth-order valence-corrected chi connectivity index (χ4v) is 3.69. The van der Waals surface area contributed by atoms with E-state index in [9.17, 15) is 4.79 Å². The van der Waals surface area contributed by atoms with Crippen molar-refractivity contribution < 1.29 is 4.79 Å². The molecule has 2 rings (SSSR count). The van der Waals surface area contributed by atoms with E-state index < -0.39 is 0 Å². The predicted octanol–water partition coefficient (Wildman–Crippen LogP) is 4.27. The summed E-state index contributed by atoms with van der Waals surface area (Å²) in [5.41, 5.74) is 0.887. The second-order valence-corrected chi connectivity index (χ2v) is 8.37. The maximum atomic E-state index is 12.8. The summed E-state index contributed by atoms with van der Waals surface area (Å²) in [5, 5.41) is 9.95. The summed E-state index contributed by atoms with van der Waals surface area (Å²) in [5.74, 6) is 1.83. The molecule has 1 aromatic heterocycles. The second kappa shape index (κ2) is 10.5. The number of nitrogens with zero attached hydrogens (tertiary/aromatic N) is 2. The summed E-state index contributed by atoms with van der Waals surface area (Å²) in [7, 11) is 0. The largest absolute Gasteiger partial charge is 0.358 e. The molecule has 0 aliphatic heterocycles. The molecule has 0 radical (unpaired) electrons. The lowest BCUT2D eigenvalue weighted by Crippen LogP contribution is -2.44. The van der Waals surface area contributed by atoms with Crippen LogP contribution < -0.4 is 16.0 Å². The van der Waals surface area contributed by atoms with Crippen molar-refractivity contribution in [3.63, 3.8) is 0 Å². The number of rotatable bonds is 10. The Morgan fingerprint density at radius 1 is 1.19 bits per heavy atom. The second-order valence-electron chi connectivity index (χ2n) is 8.37. The summed E-state index contributed by atoms with van der Waals surface area (Å²) in [6, 6.07) is 2.28. The molecule has 1 aromatic rings. The maximum absolute atomic E-state index is 12.8. The Morgan fingerprint density at radius 3 is 2.52 bits per heavy atom. The molecule has 152 valence electrons. The number of hydrogen-bond acceptors (Lipinski definition) is 5. The van der Waals surface area contributed by atoms with Crippen LogP contribution >= 0.6 is 0 Å². The van der Waals surface area contributed by atoms with Gasteiger partial charge < -0.3 is 16.0 Å². The Labute approximate surface area is 164 Å². The molecule has 1 aliphatic rings. The average Bonchev–Trinajstić information content (AvgIpc) is 3.06. The van der Waals surface area contributed by atoms with Gasteiger partial charge in [0.05, 0.1) is 0 Å². The predicted molar refractivity (Wildman–Crippen MR) is 112 cm³/mol. The topological polar surface area (TPSA) is 78.9 Å². The molecular weight excluding hydrogens is 338 g/mol. The Bertz CT molecular complexity index is 598. The molecule has 6 heteroatoms. The number of aromatic nitrogens is 2. The molecule has 0 bridgehead atoms. The monoisotopic (exact) mass is 375 g/mol. The lowest BCUT2D eigenvalue weighted by atomic mass is 10.0. The molecule has 27 heavy (non-hydrogen) atoms. The van der Waals surface area contributed by atoms with Crippen molar-refractivity contribution in [3.05, 3.63) is 11.8 Å². The lowest BCUT2D eigenvalue weighted by molar-refractivity contribution is -0.122. The third kappa shape index (κ3) is 7.35. The number of amides is 1. The van der Waals surface area contributed by atoms with Crippen LogP contribution in [-0.4, -0.2) is 34.0 Å². The van der Waals surface area contributed by atoms with E-state index in [1.807, 2.05) is 13.0 Å². The van der Waals surface area contributed by atoms with Gasteiger partial charge in [-0.2, -0.15) is 4.98 Å². The number of nitrogens with one attached hydrogen (secondary N) is 3. The number of carbonyl (C=O) groups is 1. The highest BCUT2D eigenvalue weighted by Crippen LogP contribution is 2.19. The van der Waals surface area contributed by atoms with Crippen molar-refractivity contribution in [1.82, 2.24) is 15.3 Å². The highest BCUT2D eigenvalue weighted by atomic mass is 16.2. The molecular formula is C21H37N5O. The molecule has 1 heterocycles. The zero-order valence-electron chi connectivity index (χ0n) is 17.6. The number of aryl methyl sites for hydroxylation is 1. The minimum absolute atomic E-state index is 0.0840. The smallest absolute Gasteiger partial charge is 0.242 e. The van der Waals surface area contributed by atoms with Crippen LogP contribution in [0.3, 0.4) is 0 Å². The van der Waals surface area contributed by atoms with Crippen LogP contribution in [0.5, 0.6) is 0 Å². The molecule has 3 N–H and O–H groups in total. The fraction of sp³-hybridized carbons (Fsp3) is 0.762. The van der Waals surface area contributed by atoms with Gasteiger partial charge in [-0.15, -0.1) is 0 Å². The van der Waals surface area contributed by atoms with Gasteiger partial charge in [-0.25, -0.2) is 4.98 Å². The number of carbonyl (C=O) groups excluding carboxylic acids is 1. The molecule has 1 amide bonds. The first kappa shape index (κ1) is 21.5. The zero-order chi connectivity index (χ0) is 19.8. The molecule has 1 saturated carbocycles. The molecule has 0 aromatic carbocycles. The standard InChI is InChI=1S/C21H37N5O/c1-6-9-15(4)22-21-23-16(5)13-19(26-21)25-18(12-14(2)3)20(27)24-17-10-7-8-11-17/h13-15,17-18H,6-12H2,1-5H3,(H,24,27)(H2,22,23,25,26)/t15?,18-/m0/s1. The van der Waals surface area contributed by atoms with E-state index in [0.717, 1.165) is 37.8 Å². The van der Waals surface area contributed by atoms with Crippen molar-refractivity contribution in [2.75, 3.05) is 10.6 Å². The molecule has 1 aliphatic carbocycles. The number of hydrogen-bond donors (Lipinski definition) is 3. The van der Waals surface area contributed by atoms with E-state index in [1.165, 1.54) is 12.8 Å². The van der Waals surface area contributed by atoms with Crippen LogP contribution in [0.1, 0.15) is 78.3 Å². The Morgan fingerprint density at radius 2 is 1.89 bits per heavy atom. The molecule has 1 fully saturated rings. The Balaban J connectivity index is 2.08. The highest BCUT2D eigenvalue weighted by molar-refractivity contribution is 5.84. The van der Waals surface area contributed by atoms with E-state index in [-0.39, 0.29) is 11.9 Å². The van der Waals surface area contributed by atoms with Crippen LogP contribution in [-0.2, 0) is 4.79 Å². The molecule has 0 saturated heterocycles. The van der Waals surface area contributed by atoms with E-state index >= 15 is 0 Å². The fourth-order valence-electron chi connectivity index (χ4n) is 3.69. The van der Waals surface area contributed by atoms with Crippen LogP contribution in [0.15, 0.2) is 6.07 Å². The minimum atomic E-state index is -0.277. The van der Waals surface area contributed by atoms with Gasteiger partial charge in [0.15, 0.2) is 0 Å². The van der Waals surface area contributed by atoms with Crippen LogP contribution in [0, 0.1) is 12.8 Å². The first-order chi connectivity index (χ1) is 12.9. The van der Waals surface area contributed by atoms with Crippen LogP contribution in [0.25, 0.3) is 0 Å². The molecule has 0 spiro atoms. The van der Waals surface area contributed by atoms with Crippen molar-refractivity contribution in [2.24, 2.45) is 5.92 Å². The summed E-state index contributed by atoms with van der Waals surface area (Å²) in [6.07, 6.45) is 7.57. The van der Waals surface area contributed by atoms with E-state index in [4.69, 9.17) is 0 Å². The van der Waals surface area contributed by atoms with E-state index in [2.05, 4.69) is 53.6 Å². The first-order valence-electron chi connectivity index (χ1n) is 10.6. The third-order valence-corrected chi connectivity index (χ3v) is 5.00. The Hall–Kier alpha value is -1.85.